The fraction of sp³-hybridized carbons (Fsp3) is 0.529. The van der Waals surface area contributed by atoms with Crippen LogP contribution < -0.4 is 0 Å². The Morgan fingerprint density at radius 1 is 1.26 bits per heavy atom. The molecule has 0 bridgehead atoms. The Morgan fingerprint density at radius 2 is 1.96 bits per heavy atom. The van der Waals surface area contributed by atoms with E-state index in [9.17, 15) is 4.79 Å². The molecule has 0 N–H and O–H groups in total. The average Bonchev–Trinajstić information content (AvgIpc) is 3.04. The van der Waals surface area contributed by atoms with Gasteiger partial charge in [-0.1, -0.05) is 0 Å². The third kappa shape index (κ3) is 3.47. The summed E-state index contributed by atoms with van der Waals surface area (Å²) in [6.45, 7) is 9.64. The maximum Gasteiger partial charge on any atom is 0.289 e. The first-order valence-corrected chi connectivity index (χ1v) is 7.97. The number of ether oxygens (including phenoxy) is 1. The van der Waals surface area contributed by atoms with Gasteiger partial charge in [0.15, 0.2) is 5.76 Å². The fourth-order valence-corrected chi connectivity index (χ4v) is 3.06. The minimum absolute atomic E-state index is 0.0480. The largest absolute Gasteiger partial charge is 0.454 e. The zero-order valence-electron chi connectivity index (χ0n) is 14.1. The summed E-state index contributed by atoms with van der Waals surface area (Å²) >= 11 is 0. The van der Waals surface area contributed by atoms with Crippen LogP contribution in [0.15, 0.2) is 22.6 Å². The molecule has 1 saturated heterocycles. The van der Waals surface area contributed by atoms with Crippen LogP contribution in [0.3, 0.4) is 0 Å². The smallest absolute Gasteiger partial charge is 0.289 e. The molecule has 0 saturated carbocycles. The molecule has 0 aliphatic carbocycles. The van der Waals surface area contributed by atoms with Crippen molar-refractivity contribution < 1.29 is 13.9 Å². The maximum atomic E-state index is 12.6. The molecule has 0 spiro atoms. The molecule has 1 aliphatic rings. The Kier molecular flexibility index (Phi) is 4.26. The summed E-state index contributed by atoms with van der Waals surface area (Å²) in [6, 6.07) is 5.61. The second-order valence-corrected chi connectivity index (χ2v) is 6.32. The number of amides is 1. The lowest BCUT2D eigenvalue weighted by Gasteiger charge is -2.34. The molecular formula is C17H23N3O3. The number of aromatic nitrogens is 2. The number of furan rings is 1. The predicted molar refractivity (Wildman–Crippen MR) is 85.4 cm³/mol. The summed E-state index contributed by atoms with van der Waals surface area (Å²) < 4.78 is 13.3. The van der Waals surface area contributed by atoms with Gasteiger partial charge in [0.2, 0.25) is 0 Å². The van der Waals surface area contributed by atoms with E-state index in [-0.39, 0.29) is 18.1 Å². The Bertz CT molecular complexity index is 694. The van der Waals surface area contributed by atoms with Crippen molar-refractivity contribution in [1.82, 2.24) is 14.7 Å². The number of morpholine rings is 1. The van der Waals surface area contributed by atoms with Crippen LogP contribution in [0.4, 0.5) is 0 Å². The van der Waals surface area contributed by atoms with Crippen molar-refractivity contribution in [3.63, 3.8) is 0 Å². The van der Waals surface area contributed by atoms with Gasteiger partial charge in [-0.25, -0.2) is 0 Å². The van der Waals surface area contributed by atoms with Crippen molar-refractivity contribution in [1.29, 1.82) is 0 Å². The third-order valence-electron chi connectivity index (χ3n) is 3.99. The van der Waals surface area contributed by atoms with Gasteiger partial charge in [0, 0.05) is 18.8 Å². The van der Waals surface area contributed by atoms with Gasteiger partial charge in [-0.05, 0) is 45.9 Å². The minimum atomic E-state index is -0.0772. The zero-order valence-corrected chi connectivity index (χ0v) is 14.1. The number of carbonyl (C=O) groups is 1. The molecule has 6 nitrogen and oxygen atoms in total. The Labute approximate surface area is 136 Å². The van der Waals surface area contributed by atoms with E-state index >= 15 is 0 Å². The van der Waals surface area contributed by atoms with Gasteiger partial charge in [-0.15, -0.1) is 0 Å². The van der Waals surface area contributed by atoms with E-state index in [1.54, 1.807) is 11.0 Å². The summed E-state index contributed by atoms with van der Waals surface area (Å²) in [5.41, 5.74) is 2.05. The minimum Gasteiger partial charge on any atom is -0.454 e. The number of hydrogen-bond acceptors (Lipinski definition) is 4. The lowest BCUT2D eigenvalue weighted by molar-refractivity contribution is -0.0592. The van der Waals surface area contributed by atoms with Gasteiger partial charge in [0.05, 0.1) is 24.4 Å². The molecule has 3 rings (SSSR count). The highest BCUT2D eigenvalue weighted by atomic mass is 16.5. The van der Waals surface area contributed by atoms with E-state index in [0.717, 1.165) is 17.1 Å². The summed E-state index contributed by atoms with van der Waals surface area (Å²) in [7, 11) is 0. The van der Waals surface area contributed by atoms with Gasteiger partial charge >= 0.3 is 0 Å². The van der Waals surface area contributed by atoms with Crippen molar-refractivity contribution >= 4 is 5.91 Å². The predicted octanol–water partition coefficient (Wildman–Crippen LogP) is 2.39. The van der Waals surface area contributed by atoms with Gasteiger partial charge in [0.25, 0.3) is 5.91 Å². The Hall–Kier alpha value is -2.08. The highest BCUT2D eigenvalue weighted by molar-refractivity contribution is 5.91. The van der Waals surface area contributed by atoms with Crippen molar-refractivity contribution in [2.24, 2.45) is 0 Å². The summed E-state index contributed by atoms with van der Waals surface area (Å²) in [4.78, 5) is 14.4. The topological polar surface area (TPSA) is 60.5 Å². The molecule has 3 heterocycles. The van der Waals surface area contributed by atoms with Gasteiger partial charge in [0.1, 0.15) is 5.76 Å². The lowest BCUT2D eigenvalue weighted by atomic mass is 10.2. The van der Waals surface area contributed by atoms with Crippen molar-refractivity contribution in [2.45, 2.75) is 46.4 Å². The number of hydrogen-bond donors (Lipinski definition) is 0. The average molecular weight is 317 g/mol. The van der Waals surface area contributed by atoms with Crippen LogP contribution in [0.25, 0.3) is 0 Å². The first-order chi connectivity index (χ1) is 10.9. The molecule has 1 amide bonds. The summed E-state index contributed by atoms with van der Waals surface area (Å²) in [5, 5.41) is 4.41. The molecule has 124 valence electrons. The molecule has 2 aromatic rings. The first-order valence-electron chi connectivity index (χ1n) is 7.97. The van der Waals surface area contributed by atoms with E-state index in [1.807, 2.05) is 44.5 Å². The Balaban J connectivity index is 1.71. The fourth-order valence-electron chi connectivity index (χ4n) is 3.06. The van der Waals surface area contributed by atoms with Crippen LogP contribution in [0, 0.1) is 13.8 Å². The molecule has 6 heteroatoms. The molecule has 0 radical (unpaired) electrons. The van der Waals surface area contributed by atoms with Crippen LogP contribution in [0.2, 0.25) is 0 Å². The molecular weight excluding hydrogens is 294 g/mol. The van der Waals surface area contributed by atoms with E-state index in [2.05, 4.69) is 5.10 Å². The molecule has 2 atom stereocenters. The molecule has 1 aliphatic heterocycles. The van der Waals surface area contributed by atoms with Crippen molar-refractivity contribution in [3.05, 3.63) is 41.1 Å². The van der Waals surface area contributed by atoms with Crippen LogP contribution in [0.5, 0.6) is 0 Å². The SMILES string of the molecule is Cc1cc(C)n(Cc2ccc(C(=O)N3CC(C)OC(C)C3)o2)n1. The van der Waals surface area contributed by atoms with Crippen LogP contribution in [-0.2, 0) is 11.3 Å². The number of nitrogens with zero attached hydrogens (tertiary/aromatic N) is 3. The van der Waals surface area contributed by atoms with Gasteiger partial charge < -0.3 is 14.1 Å². The highest BCUT2D eigenvalue weighted by Gasteiger charge is 2.28. The van der Waals surface area contributed by atoms with E-state index in [4.69, 9.17) is 9.15 Å². The van der Waals surface area contributed by atoms with Crippen molar-refractivity contribution in [3.8, 4) is 0 Å². The first kappa shape index (κ1) is 15.8. The normalized spacial score (nSPS) is 21.7. The van der Waals surface area contributed by atoms with Gasteiger partial charge in [-0.2, -0.15) is 5.10 Å². The summed E-state index contributed by atoms with van der Waals surface area (Å²) in [6.07, 6.45) is 0.0960. The molecule has 1 fully saturated rings. The van der Waals surface area contributed by atoms with E-state index < -0.39 is 0 Å². The van der Waals surface area contributed by atoms with Crippen LogP contribution in [-0.4, -0.2) is 45.9 Å². The van der Waals surface area contributed by atoms with E-state index in [1.165, 1.54) is 0 Å². The molecule has 0 aromatic carbocycles. The Morgan fingerprint density at radius 3 is 2.57 bits per heavy atom. The molecule has 2 aromatic heterocycles. The highest BCUT2D eigenvalue weighted by Crippen LogP contribution is 2.17. The molecule has 2 unspecified atom stereocenters. The van der Waals surface area contributed by atoms with Crippen molar-refractivity contribution in [2.75, 3.05) is 13.1 Å². The maximum absolute atomic E-state index is 12.6. The zero-order chi connectivity index (χ0) is 16.6. The number of aryl methyl sites for hydroxylation is 2. The number of rotatable bonds is 3. The van der Waals surface area contributed by atoms with Crippen LogP contribution in [0.1, 0.15) is 41.6 Å². The molecule has 23 heavy (non-hydrogen) atoms. The quantitative estimate of drug-likeness (QED) is 0.872. The van der Waals surface area contributed by atoms with Crippen LogP contribution >= 0.6 is 0 Å². The monoisotopic (exact) mass is 317 g/mol. The second-order valence-electron chi connectivity index (χ2n) is 6.32. The van der Waals surface area contributed by atoms with E-state index in [0.29, 0.717) is 25.4 Å². The second kappa shape index (κ2) is 6.20. The van der Waals surface area contributed by atoms with Gasteiger partial charge in [-0.3, -0.25) is 9.48 Å². The number of carbonyl (C=O) groups excluding carboxylic acids is 1. The third-order valence-corrected chi connectivity index (χ3v) is 3.99. The summed E-state index contributed by atoms with van der Waals surface area (Å²) in [5.74, 6) is 1.03. The standard InChI is InChI=1S/C17H23N3O3/c1-11-7-12(2)20(18-11)10-15-5-6-16(23-15)17(21)19-8-13(3)22-14(4)9-19/h5-7,13-14H,8-10H2,1-4H3. The lowest BCUT2D eigenvalue weighted by Crippen LogP contribution is -2.48.